The van der Waals surface area contributed by atoms with Crippen LogP contribution >= 0.6 is 0 Å². The molecular weight excluding hydrogens is 184 g/mol. The summed E-state index contributed by atoms with van der Waals surface area (Å²) in [4.78, 5) is 2.67. The monoisotopic (exact) mass is 212 g/mol. The zero-order valence-electron chi connectivity index (χ0n) is 10.8. The lowest BCUT2D eigenvalue weighted by atomic mass is 10.1. The Hall–Kier alpha value is -0.0800. The van der Waals surface area contributed by atoms with E-state index in [-0.39, 0.29) is 0 Å². The van der Waals surface area contributed by atoms with Crippen molar-refractivity contribution in [3.05, 3.63) is 0 Å². The molecule has 0 aromatic rings. The molecule has 0 aliphatic heterocycles. The van der Waals surface area contributed by atoms with Gasteiger partial charge in [0.15, 0.2) is 0 Å². The van der Waals surface area contributed by atoms with Gasteiger partial charge in [0.2, 0.25) is 0 Å². The summed E-state index contributed by atoms with van der Waals surface area (Å²) >= 11 is 0. The van der Waals surface area contributed by atoms with Crippen LogP contribution in [-0.2, 0) is 0 Å². The van der Waals surface area contributed by atoms with Crippen molar-refractivity contribution in [2.75, 3.05) is 32.7 Å². The van der Waals surface area contributed by atoms with Gasteiger partial charge in [-0.05, 0) is 50.7 Å². The topological polar surface area (TPSA) is 15.3 Å². The Kier molecular flexibility index (Phi) is 6.26. The second kappa shape index (κ2) is 7.24. The SMILES string of the molecule is CCCN(CC(C)CNCC)CC1CC1. The standard InChI is InChI=1S/C13H28N2/c1-4-8-15(11-13-6-7-13)10-12(3)9-14-5-2/h12-14H,4-11H2,1-3H3. The number of rotatable bonds is 9. The van der Waals surface area contributed by atoms with Crippen LogP contribution in [0.3, 0.4) is 0 Å². The maximum Gasteiger partial charge on any atom is 0.00193 e. The van der Waals surface area contributed by atoms with E-state index >= 15 is 0 Å². The molecule has 1 aliphatic carbocycles. The van der Waals surface area contributed by atoms with Gasteiger partial charge >= 0.3 is 0 Å². The fraction of sp³-hybridized carbons (Fsp3) is 1.00. The number of hydrogen-bond acceptors (Lipinski definition) is 2. The van der Waals surface area contributed by atoms with Gasteiger partial charge in [-0.1, -0.05) is 20.8 Å². The van der Waals surface area contributed by atoms with Crippen molar-refractivity contribution in [1.82, 2.24) is 10.2 Å². The summed E-state index contributed by atoms with van der Waals surface area (Å²) in [7, 11) is 0. The molecule has 1 rings (SSSR count). The highest BCUT2D eigenvalue weighted by molar-refractivity contribution is 4.78. The third-order valence-electron chi connectivity index (χ3n) is 3.07. The van der Waals surface area contributed by atoms with E-state index in [0.717, 1.165) is 18.4 Å². The molecule has 0 aromatic heterocycles. The lowest BCUT2D eigenvalue weighted by molar-refractivity contribution is 0.226. The van der Waals surface area contributed by atoms with E-state index in [9.17, 15) is 0 Å². The van der Waals surface area contributed by atoms with Gasteiger partial charge in [0.25, 0.3) is 0 Å². The van der Waals surface area contributed by atoms with E-state index in [1.54, 1.807) is 0 Å². The number of hydrogen-bond donors (Lipinski definition) is 1. The van der Waals surface area contributed by atoms with E-state index in [0.29, 0.717) is 0 Å². The van der Waals surface area contributed by atoms with Gasteiger partial charge in [0.05, 0.1) is 0 Å². The molecule has 0 amide bonds. The highest BCUT2D eigenvalue weighted by Gasteiger charge is 2.24. The van der Waals surface area contributed by atoms with Crippen molar-refractivity contribution < 1.29 is 0 Å². The Labute approximate surface area is 95.4 Å². The van der Waals surface area contributed by atoms with Crippen LogP contribution in [0, 0.1) is 11.8 Å². The first kappa shape index (κ1) is 13.0. The van der Waals surface area contributed by atoms with Gasteiger partial charge in [-0.2, -0.15) is 0 Å². The van der Waals surface area contributed by atoms with E-state index in [1.165, 1.54) is 45.4 Å². The first-order valence-corrected chi connectivity index (χ1v) is 6.69. The van der Waals surface area contributed by atoms with Gasteiger partial charge in [-0.3, -0.25) is 0 Å². The fourth-order valence-electron chi connectivity index (χ4n) is 2.13. The molecule has 0 spiro atoms. The minimum Gasteiger partial charge on any atom is -0.317 e. The van der Waals surface area contributed by atoms with Gasteiger partial charge < -0.3 is 10.2 Å². The van der Waals surface area contributed by atoms with E-state index in [1.807, 2.05) is 0 Å². The van der Waals surface area contributed by atoms with E-state index < -0.39 is 0 Å². The molecule has 1 unspecified atom stereocenters. The molecule has 0 heterocycles. The summed E-state index contributed by atoms with van der Waals surface area (Å²) < 4.78 is 0. The van der Waals surface area contributed by atoms with Crippen molar-refractivity contribution in [2.45, 2.75) is 40.0 Å². The molecule has 0 saturated heterocycles. The molecule has 90 valence electrons. The maximum atomic E-state index is 3.44. The van der Waals surface area contributed by atoms with Crippen molar-refractivity contribution in [1.29, 1.82) is 0 Å². The molecule has 1 saturated carbocycles. The third-order valence-corrected chi connectivity index (χ3v) is 3.07. The fourth-order valence-corrected chi connectivity index (χ4v) is 2.13. The molecule has 0 bridgehead atoms. The zero-order valence-corrected chi connectivity index (χ0v) is 10.8. The van der Waals surface area contributed by atoms with Crippen molar-refractivity contribution >= 4 is 0 Å². The Morgan fingerprint density at radius 1 is 1.33 bits per heavy atom. The molecule has 1 aliphatic rings. The zero-order chi connectivity index (χ0) is 11.1. The first-order valence-electron chi connectivity index (χ1n) is 6.69. The molecule has 1 atom stereocenters. The molecule has 1 fully saturated rings. The maximum absolute atomic E-state index is 3.44. The van der Waals surface area contributed by atoms with Crippen molar-refractivity contribution in [3.63, 3.8) is 0 Å². The lowest BCUT2D eigenvalue weighted by Gasteiger charge is -2.25. The lowest BCUT2D eigenvalue weighted by Crippen LogP contribution is -2.35. The summed E-state index contributed by atoms with van der Waals surface area (Å²) in [5, 5.41) is 3.44. The minimum atomic E-state index is 0.787. The van der Waals surface area contributed by atoms with Gasteiger partial charge in [0.1, 0.15) is 0 Å². The average molecular weight is 212 g/mol. The normalized spacial score (nSPS) is 18.4. The highest BCUT2D eigenvalue weighted by Crippen LogP contribution is 2.29. The largest absolute Gasteiger partial charge is 0.317 e. The first-order chi connectivity index (χ1) is 7.26. The molecule has 1 N–H and O–H groups in total. The number of nitrogens with one attached hydrogen (secondary N) is 1. The second-order valence-electron chi connectivity index (χ2n) is 5.12. The minimum absolute atomic E-state index is 0.787. The highest BCUT2D eigenvalue weighted by atomic mass is 15.1. The summed E-state index contributed by atoms with van der Waals surface area (Å²) in [6.07, 6.45) is 4.24. The Morgan fingerprint density at radius 2 is 2.07 bits per heavy atom. The summed E-state index contributed by atoms with van der Waals surface area (Å²) in [6, 6.07) is 0. The van der Waals surface area contributed by atoms with Crippen LogP contribution in [0.2, 0.25) is 0 Å². The summed E-state index contributed by atoms with van der Waals surface area (Å²) in [5.41, 5.74) is 0. The van der Waals surface area contributed by atoms with Crippen LogP contribution in [-0.4, -0.2) is 37.6 Å². The smallest absolute Gasteiger partial charge is 0.00193 e. The van der Waals surface area contributed by atoms with Crippen LogP contribution in [0.4, 0.5) is 0 Å². The summed E-state index contributed by atoms with van der Waals surface area (Å²) in [6.45, 7) is 13.0. The predicted molar refractivity (Wildman–Crippen MR) is 67.2 cm³/mol. The molecule has 2 heteroatoms. The Bertz CT molecular complexity index is 155. The van der Waals surface area contributed by atoms with Gasteiger partial charge in [-0.25, -0.2) is 0 Å². The van der Waals surface area contributed by atoms with Crippen molar-refractivity contribution in [3.8, 4) is 0 Å². The van der Waals surface area contributed by atoms with Crippen LogP contribution in [0.15, 0.2) is 0 Å². The van der Waals surface area contributed by atoms with E-state index in [4.69, 9.17) is 0 Å². The van der Waals surface area contributed by atoms with Crippen LogP contribution in [0.5, 0.6) is 0 Å². The third kappa shape index (κ3) is 6.16. The molecular formula is C13H28N2. The predicted octanol–water partition coefficient (Wildman–Crippen LogP) is 2.35. The summed E-state index contributed by atoms with van der Waals surface area (Å²) in [5.74, 6) is 1.82. The Balaban J connectivity index is 2.15. The van der Waals surface area contributed by atoms with Gasteiger partial charge in [0, 0.05) is 13.1 Å². The molecule has 0 aromatic carbocycles. The number of nitrogens with zero attached hydrogens (tertiary/aromatic N) is 1. The Morgan fingerprint density at radius 3 is 2.60 bits per heavy atom. The van der Waals surface area contributed by atoms with Gasteiger partial charge in [-0.15, -0.1) is 0 Å². The molecule has 15 heavy (non-hydrogen) atoms. The molecule has 0 radical (unpaired) electrons. The van der Waals surface area contributed by atoms with Crippen LogP contribution in [0.25, 0.3) is 0 Å². The second-order valence-corrected chi connectivity index (χ2v) is 5.12. The van der Waals surface area contributed by atoms with Crippen molar-refractivity contribution in [2.24, 2.45) is 11.8 Å². The van der Waals surface area contributed by atoms with Crippen LogP contribution in [0.1, 0.15) is 40.0 Å². The quantitative estimate of drug-likeness (QED) is 0.631. The molecule has 2 nitrogen and oxygen atoms in total. The average Bonchev–Trinajstić information content (AvgIpc) is 2.99. The van der Waals surface area contributed by atoms with Crippen LogP contribution < -0.4 is 5.32 Å². The van der Waals surface area contributed by atoms with E-state index in [2.05, 4.69) is 31.0 Å².